The Kier molecular flexibility index (Phi) is 11.1. The van der Waals surface area contributed by atoms with E-state index in [0.29, 0.717) is 44.0 Å². The van der Waals surface area contributed by atoms with Crippen LogP contribution >= 0.6 is 0 Å². The largest absolute Gasteiger partial charge is 0.453 e. The Hall–Kier alpha value is -2.50. The van der Waals surface area contributed by atoms with Crippen LogP contribution in [0.4, 0.5) is 18.4 Å². The number of nitrogens with zero attached hydrogens (tertiary/aromatic N) is 2. The molecule has 0 radical (unpaired) electrons. The van der Waals surface area contributed by atoms with Crippen LogP contribution in [0.15, 0.2) is 18.2 Å². The molecule has 0 aliphatic carbocycles. The molecule has 1 aromatic carbocycles. The van der Waals surface area contributed by atoms with Crippen LogP contribution in [0.5, 0.6) is 0 Å². The Bertz CT molecular complexity index is 835. The normalized spacial score (nSPS) is 21.1. The molecule has 2 aliphatic heterocycles. The van der Waals surface area contributed by atoms with Crippen molar-refractivity contribution < 1.29 is 32.6 Å². The zero-order valence-electron chi connectivity index (χ0n) is 20.9. The number of nitrogens with one attached hydrogen (secondary N) is 1. The summed E-state index contributed by atoms with van der Waals surface area (Å²) in [5.74, 6) is 5.01. The smallest absolute Gasteiger partial charge is 0.406 e. The number of amides is 3. The first-order chi connectivity index (χ1) is 17.4. The molecule has 2 fully saturated rings. The average Bonchev–Trinajstić information content (AvgIpc) is 2.88. The molecule has 0 bridgehead atoms. The quantitative estimate of drug-likeness (QED) is 0.215. The third-order valence-electron chi connectivity index (χ3n) is 6.74. The number of methoxy groups -OCH3 is 1. The van der Waals surface area contributed by atoms with E-state index in [9.17, 15) is 18.4 Å². The second-order valence-corrected chi connectivity index (χ2v) is 9.46. The van der Waals surface area contributed by atoms with Gasteiger partial charge in [-0.2, -0.15) is 0 Å². The molecular formula is C25H38F2N4O5. The maximum Gasteiger partial charge on any atom is 0.406 e. The number of alkyl carbamates (subject to hydrolysis) is 1. The molecule has 202 valence electrons. The van der Waals surface area contributed by atoms with Crippen LogP contribution in [0.2, 0.25) is 0 Å². The lowest BCUT2D eigenvalue weighted by Gasteiger charge is -2.38. The number of urea groups is 1. The summed E-state index contributed by atoms with van der Waals surface area (Å²) in [7, 11) is 1.26. The SMILES string of the molecule is COC(=O)NCCO[C@@H](c1cc(F)cc(F)c1)C1CCCN(C(=O)N(N)CCCC2CCCOC2)C1. The topological polar surface area (TPSA) is 106 Å². The highest BCUT2D eigenvalue weighted by molar-refractivity contribution is 5.73. The fraction of sp³-hybridized carbons (Fsp3) is 0.680. The summed E-state index contributed by atoms with van der Waals surface area (Å²) >= 11 is 0. The highest BCUT2D eigenvalue weighted by atomic mass is 19.1. The summed E-state index contributed by atoms with van der Waals surface area (Å²) in [6, 6.07) is 3.02. The summed E-state index contributed by atoms with van der Waals surface area (Å²) in [6.45, 7) is 3.20. The van der Waals surface area contributed by atoms with Gasteiger partial charge in [-0.1, -0.05) is 0 Å². The highest BCUT2D eigenvalue weighted by Gasteiger charge is 2.33. The van der Waals surface area contributed by atoms with Gasteiger partial charge >= 0.3 is 12.1 Å². The van der Waals surface area contributed by atoms with Gasteiger partial charge in [0.25, 0.3) is 0 Å². The van der Waals surface area contributed by atoms with Crippen LogP contribution in [0.25, 0.3) is 0 Å². The van der Waals surface area contributed by atoms with Crippen LogP contribution in [-0.2, 0) is 14.2 Å². The van der Waals surface area contributed by atoms with Crippen molar-refractivity contribution in [3.8, 4) is 0 Å². The average molecular weight is 513 g/mol. The van der Waals surface area contributed by atoms with E-state index in [1.54, 1.807) is 4.90 Å². The number of hydrogen-bond acceptors (Lipinski definition) is 6. The van der Waals surface area contributed by atoms with Crippen molar-refractivity contribution in [2.24, 2.45) is 17.7 Å². The monoisotopic (exact) mass is 512 g/mol. The van der Waals surface area contributed by atoms with Gasteiger partial charge in [0.15, 0.2) is 0 Å². The number of nitrogens with two attached hydrogens (primary N) is 1. The summed E-state index contributed by atoms with van der Waals surface area (Å²) < 4.78 is 44.0. The number of piperidine rings is 1. The molecule has 3 N–H and O–H groups in total. The molecule has 2 unspecified atom stereocenters. The van der Waals surface area contributed by atoms with Crippen LogP contribution in [0.3, 0.4) is 0 Å². The van der Waals surface area contributed by atoms with E-state index in [1.807, 2.05) is 0 Å². The minimum atomic E-state index is -0.702. The van der Waals surface area contributed by atoms with Gasteiger partial charge in [-0.3, -0.25) is 5.01 Å². The maximum absolute atomic E-state index is 14.0. The van der Waals surface area contributed by atoms with E-state index in [-0.39, 0.29) is 25.1 Å². The maximum atomic E-state index is 14.0. The number of hydrogen-bond donors (Lipinski definition) is 2. The molecule has 0 saturated carbocycles. The number of rotatable bonds is 10. The van der Waals surface area contributed by atoms with E-state index in [4.69, 9.17) is 15.3 Å². The van der Waals surface area contributed by atoms with Crippen LogP contribution in [-0.4, -0.2) is 75.1 Å². The molecule has 2 heterocycles. The third kappa shape index (κ3) is 8.56. The molecule has 1 aromatic rings. The fourth-order valence-corrected chi connectivity index (χ4v) is 4.95. The second-order valence-electron chi connectivity index (χ2n) is 9.46. The lowest BCUT2D eigenvalue weighted by Crippen LogP contribution is -2.51. The molecule has 3 atom stereocenters. The summed E-state index contributed by atoms with van der Waals surface area (Å²) in [4.78, 5) is 26.0. The zero-order chi connectivity index (χ0) is 25.9. The van der Waals surface area contributed by atoms with Gasteiger partial charge in [-0.15, -0.1) is 0 Å². The molecule has 0 aromatic heterocycles. The Morgan fingerprint density at radius 2 is 2.03 bits per heavy atom. The summed E-state index contributed by atoms with van der Waals surface area (Å²) in [6.07, 6.45) is 4.14. The Labute approximate surface area is 211 Å². The summed E-state index contributed by atoms with van der Waals surface area (Å²) in [5.41, 5.74) is 0.351. The number of ether oxygens (including phenoxy) is 3. The molecular weight excluding hydrogens is 474 g/mol. The number of carbonyl (C=O) groups is 2. The van der Waals surface area contributed by atoms with E-state index >= 15 is 0 Å². The first-order valence-corrected chi connectivity index (χ1v) is 12.7. The van der Waals surface area contributed by atoms with Crippen molar-refractivity contribution in [2.75, 3.05) is 53.1 Å². The van der Waals surface area contributed by atoms with E-state index in [2.05, 4.69) is 10.1 Å². The Balaban J connectivity index is 1.59. The number of likely N-dealkylation sites (tertiary alicyclic amines) is 1. The van der Waals surface area contributed by atoms with Crippen molar-refractivity contribution >= 4 is 12.1 Å². The van der Waals surface area contributed by atoms with Crippen molar-refractivity contribution in [2.45, 2.75) is 44.6 Å². The zero-order valence-corrected chi connectivity index (χ0v) is 20.9. The second kappa shape index (κ2) is 14.3. The minimum absolute atomic E-state index is 0.107. The molecule has 2 aliphatic rings. The lowest BCUT2D eigenvalue weighted by atomic mass is 9.88. The first kappa shape index (κ1) is 28.1. The third-order valence-corrected chi connectivity index (χ3v) is 6.74. The van der Waals surface area contributed by atoms with Gasteiger partial charge in [0.2, 0.25) is 0 Å². The predicted octanol–water partition coefficient (Wildman–Crippen LogP) is 3.59. The molecule has 11 heteroatoms. The number of benzene rings is 1. The van der Waals surface area contributed by atoms with Gasteiger partial charge < -0.3 is 24.4 Å². The fourth-order valence-electron chi connectivity index (χ4n) is 4.95. The molecule has 2 saturated heterocycles. The van der Waals surface area contributed by atoms with Gasteiger partial charge in [0.1, 0.15) is 11.6 Å². The molecule has 9 nitrogen and oxygen atoms in total. The number of carbonyl (C=O) groups excluding carboxylic acids is 2. The van der Waals surface area contributed by atoms with Gasteiger partial charge in [-0.25, -0.2) is 24.2 Å². The number of hydrazine groups is 1. The van der Waals surface area contributed by atoms with Crippen LogP contribution in [0.1, 0.15) is 50.2 Å². The van der Waals surface area contributed by atoms with Crippen molar-refractivity contribution in [1.29, 1.82) is 0 Å². The molecule has 0 spiro atoms. The van der Waals surface area contributed by atoms with Gasteiger partial charge in [0.05, 0.1) is 19.8 Å². The summed E-state index contributed by atoms with van der Waals surface area (Å²) in [5, 5.41) is 3.77. The minimum Gasteiger partial charge on any atom is -0.453 e. The van der Waals surface area contributed by atoms with Crippen molar-refractivity contribution in [1.82, 2.24) is 15.2 Å². The number of halogens is 2. The standard InChI is InChI=1S/C25H38F2N4O5/c1-34-24(32)29-8-12-36-23(20-13-21(26)15-22(27)14-20)19-7-3-9-30(16-19)25(33)31(28)10-2-5-18-6-4-11-35-17-18/h13-15,18-19,23H,2-12,16-17,28H2,1H3,(H,29,32)/t18?,19?,23-/m1/s1. The van der Waals surface area contributed by atoms with E-state index in [1.165, 1.54) is 24.3 Å². The Morgan fingerprint density at radius 3 is 2.72 bits per heavy atom. The first-order valence-electron chi connectivity index (χ1n) is 12.7. The van der Waals surface area contributed by atoms with Gasteiger partial charge in [-0.05, 0) is 62.1 Å². The molecule has 3 amide bonds. The molecule has 36 heavy (non-hydrogen) atoms. The lowest BCUT2D eigenvalue weighted by molar-refractivity contribution is -0.0110. The highest BCUT2D eigenvalue weighted by Crippen LogP contribution is 2.34. The predicted molar refractivity (Wildman–Crippen MR) is 129 cm³/mol. The van der Waals surface area contributed by atoms with E-state index < -0.39 is 23.8 Å². The Morgan fingerprint density at radius 1 is 1.25 bits per heavy atom. The van der Waals surface area contributed by atoms with Crippen LogP contribution in [0, 0.1) is 23.5 Å². The van der Waals surface area contributed by atoms with Crippen LogP contribution < -0.4 is 11.2 Å². The van der Waals surface area contributed by atoms with E-state index in [0.717, 1.165) is 45.0 Å². The molecule has 3 rings (SSSR count). The van der Waals surface area contributed by atoms with Gasteiger partial charge in [0, 0.05) is 51.4 Å². The van der Waals surface area contributed by atoms with Crippen molar-refractivity contribution in [3.63, 3.8) is 0 Å². The van der Waals surface area contributed by atoms with Crippen molar-refractivity contribution in [3.05, 3.63) is 35.4 Å².